The molecule has 0 amide bonds. The molecule has 1 rings (SSSR count). The van der Waals surface area contributed by atoms with Gasteiger partial charge in [-0.2, -0.15) is 0 Å². The third-order valence-corrected chi connectivity index (χ3v) is 2.55. The zero-order valence-electron chi connectivity index (χ0n) is 10.7. The van der Waals surface area contributed by atoms with Crippen molar-refractivity contribution < 1.29 is 14.6 Å². The lowest BCUT2D eigenvalue weighted by Crippen LogP contribution is -2.21. The van der Waals surface area contributed by atoms with Crippen LogP contribution in [0.2, 0.25) is 0 Å². The van der Waals surface area contributed by atoms with Gasteiger partial charge in [0.15, 0.2) is 0 Å². The number of carbonyl (C=O) groups is 1. The van der Waals surface area contributed by atoms with Crippen LogP contribution in [0.5, 0.6) is 5.75 Å². The Labute approximate surface area is 102 Å². The molecule has 0 bridgehead atoms. The third-order valence-electron chi connectivity index (χ3n) is 2.55. The molecule has 1 aromatic rings. The predicted molar refractivity (Wildman–Crippen MR) is 66.8 cm³/mol. The maximum Gasteiger partial charge on any atom is 0.306 e. The molecule has 0 saturated carbocycles. The number of hydrogen-bond acceptors (Lipinski definition) is 3. The summed E-state index contributed by atoms with van der Waals surface area (Å²) < 4.78 is 4.96. The molecule has 1 aromatic carbocycles. The molecule has 0 saturated heterocycles. The minimum Gasteiger partial charge on any atom is -0.508 e. The Morgan fingerprint density at radius 3 is 2.41 bits per heavy atom. The minimum absolute atomic E-state index is 0.136. The van der Waals surface area contributed by atoms with Crippen LogP contribution in [0.3, 0.4) is 0 Å². The first kappa shape index (κ1) is 13.6. The molecule has 94 valence electrons. The quantitative estimate of drug-likeness (QED) is 0.799. The average molecular weight is 236 g/mol. The molecule has 0 aliphatic carbocycles. The van der Waals surface area contributed by atoms with Crippen molar-refractivity contribution in [2.75, 3.05) is 6.61 Å². The van der Waals surface area contributed by atoms with Crippen molar-refractivity contribution in [2.24, 2.45) is 5.41 Å². The summed E-state index contributed by atoms with van der Waals surface area (Å²) in [5.41, 5.74) is 0.973. The van der Waals surface area contributed by atoms with Crippen molar-refractivity contribution in [2.45, 2.75) is 33.6 Å². The Morgan fingerprint density at radius 1 is 1.29 bits per heavy atom. The van der Waals surface area contributed by atoms with E-state index >= 15 is 0 Å². The SMILES string of the molecule is CCOC(=O)CC(C)(C)Cc1ccc(O)cc1. The molecule has 0 atom stereocenters. The van der Waals surface area contributed by atoms with Gasteiger partial charge in [-0.05, 0) is 36.5 Å². The van der Waals surface area contributed by atoms with Crippen molar-refractivity contribution in [3.05, 3.63) is 29.8 Å². The van der Waals surface area contributed by atoms with Crippen molar-refractivity contribution in [3.63, 3.8) is 0 Å². The Balaban J connectivity index is 2.59. The Morgan fingerprint density at radius 2 is 1.88 bits per heavy atom. The normalized spacial score (nSPS) is 11.2. The maximum atomic E-state index is 11.4. The van der Waals surface area contributed by atoms with Crippen LogP contribution < -0.4 is 0 Å². The van der Waals surface area contributed by atoms with Gasteiger partial charge in [0.05, 0.1) is 13.0 Å². The van der Waals surface area contributed by atoms with E-state index in [0.717, 1.165) is 12.0 Å². The van der Waals surface area contributed by atoms with Gasteiger partial charge in [0, 0.05) is 0 Å². The molecule has 0 radical (unpaired) electrons. The number of ether oxygens (including phenoxy) is 1. The standard InChI is InChI=1S/C14H20O3/c1-4-17-13(16)10-14(2,3)9-11-5-7-12(15)8-6-11/h5-8,15H,4,9-10H2,1-3H3. The fourth-order valence-corrected chi connectivity index (χ4v) is 1.83. The molecule has 0 unspecified atom stereocenters. The molecule has 0 spiro atoms. The van der Waals surface area contributed by atoms with Gasteiger partial charge in [-0.3, -0.25) is 4.79 Å². The van der Waals surface area contributed by atoms with Gasteiger partial charge in [0.1, 0.15) is 5.75 Å². The van der Waals surface area contributed by atoms with Gasteiger partial charge < -0.3 is 9.84 Å². The molecule has 0 aromatic heterocycles. The first-order valence-corrected chi connectivity index (χ1v) is 5.86. The van der Waals surface area contributed by atoms with Crippen LogP contribution in [0.25, 0.3) is 0 Å². The van der Waals surface area contributed by atoms with Gasteiger partial charge in [-0.1, -0.05) is 26.0 Å². The van der Waals surface area contributed by atoms with Gasteiger partial charge in [0.25, 0.3) is 0 Å². The van der Waals surface area contributed by atoms with Gasteiger partial charge in [-0.15, -0.1) is 0 Å². The molecule has 0 heterocycles. The van der Waals surface area contributed by atoms with Crippen LogP contribution in [0, 0.1) is 5.41 Å². The summed E-state index contributed by atoms with van der Waals surface area (Å²) in [6.07, 6.45) is 1.19. The summed E-state index contributed by atoms with van der Waals surface area (Å²) in [4.78, 5) is 11.4. The second-order valence-electron chi connectivity index (χ2n) is 4.99. The minimum atomic E-state index is -0.156. The smallest absolute Gasteiger partial charge is 0.306 e. The van der Waals surface area contributed by atoms with Crippen LogP contribution in [0.1, 0.15) is 32.8 Å². The van der Waals surface area contributed by atoms with Crippen LogP contribution in [0.15, 0.2) is 24.3 Å². The van der Waals surface area contributed by atoms with Crippen LogP contribution in [-0.2, 0) is 16.0 Å². The topological polar surface area (TPSA) is 46.5 Å². The van der Waals surface area contributed by atoms with Gasteiger partial charge in [-0.25, -0.2) is 0 Å². The Hall–Kier alpha value is -1.51. The molecule has 3 nitrogen and oxygen atoms in total. The summed E-state index contributed by atoms with van der Waals surface area (Å²) in [5.74, 6) is 0.105. The second-order valence-corrected chi connectivity index (χ2v) is 4.99. The van der Waals surface area contributed by atoms with E-state index in [9.17, 15) is 9.90 Å². The van der Waals surface area contributed by atoms with Crippen LogP contribution in [0.4, 0.5) is 0 Å². The zero-order chi connectivity index (χ0) is 12.9. The number of phenols is 1. The molecular formula is C14H20O3. The summed E-state index contributed by atoms with van der Waals surface area (Å²) in [7, 11) is 0. The highest BCUT2D eigenvalue weighted by atomic mass is 16.5. The van der Waals surface area contributed by atoms with E-state index in [0.29, 0.717) is 13.0 Å². The number of benzene rings is 1. The zero-order valence-corrected chi connectivity index (χ0v) is 10.7. The lowest BCUT2D eigenvalue weighted by molar-refractivity contribution is -0.145. The fourth-order valence-electron chi connectivity index (χ4n) is 1.83. The third kappa shape index (κ3) is 4.89. The summed E-state index contributed by atoms with van der Waals surface area (Å²) in [6.45, 7) is 6.31. The maximum absolute atomic E-state index is 11.4. The predicted octanol–water partition coefficient (Wildman–Crippen LogP) is 2.91. The van der Waals surface area contributed by atoms with Gasteiger partial charge >= 0.3 is 5.97 Å². The van der Waals surface area contributed by atoms with Crippen LogP contribution >= 0.6 is 0 Å². The summed E-state index contributed by atoms with van der Waals surface area (Å²) >= 11 is 0. The first-order valence-electron chi connectivity index (χ1n) is 5.86. The monoisotopic (exact) mass is 236 g/mol. The highest BCUT2D eigenvalue weighted by Gasteiger charge is 2.23. The second kappa shape index (κ2) is 5.71. The molecular weight excluding hydrogens is 216 g/mol. The first-order chi connectivity index (χ1) is 7.93. The average Bonchev–Trinajstić information content (AvgIpc) is 2.20. The van der Waals surface area contributed by atoms with E-state index in [-0.39, 0.29) is 17.1 Å². The largest absolute Gasteiger partial charge is 0.508 e. The highest BCUT2D eigenvalue weighted by Crippen LogP contribution is 2.27. The van der Waals surface area contributed by atoms with E-state index in [1.54, 1.807) is 12.1 Å². The highest BCUT2D eigenvalue weighted by molar-refractivity contribution is 5.70. The number of phenolic OH excluding ortho intramolecular Hbond substituents is 1. The van der Waals surface area contributed by atoms with E-state index < -0.39 is 0 Å². The van der Waals surface area contributed by atoms with E-state index in [1.165, 1.54) is 0 Å². The lowest BCUT2D eigenvalue weighted by Gasteiger charge is -2.23. The fraction of sp³-hybridized carbons (Fsp3) is 0.500. The van der Waals surface area contributed by atoms with Crippen LogP contribution in [-0.4, -0.2) is 17.7 Å². The lowest BCUT2D eigenvalue weighted by atomic mass is 9.83. The molecule has 3 heteroatoms. The number of hydrogen-bond donors (Lipinski definition) is 1. The van der Waals surface area contributed by atoms with E-state index in [1.807, 2.05) is 32.9 Å². The van der Waals surface area contributed by atoms with E-state index in [2.05, 4.69) is 0 Å². The van der Waals surface area contributed by atoms with Crippen molar-refractivity contribution >= 4 is 5.97 Å². The summed E-state index contributed by atoms with van der Waals surface area (Å²) in [6, 6.07) is 7.08. The molecule has 0 aliphatic rings. The number of rotatable bonds is 5. The molecule has 0 fully saturated rings. The Kier molecular flexibility index (Phi) is 4.55. The van der Waals surface area contributed by atoms with Crippen molar-refractivity contribution in [3.8, 4) is 5.75 Å². The van der Waals surface area contributed by atoms with Crippen molar-refractivity contribution in [1.29, 1.82) is 0 Å². The molecule has 17 heavy (non-hydrogen) atoms. The Bertz CT molecular complexity index is 366. The van der Waals surface area contributed by atoms with Crippen molar-refractivity contribution in [1.82, 2.24) is 0 Å². The van der Waals surface area contributed by atoms with Gasteiger partial charge in [0.2, 0.25) is 0 Å². The number of aromatic hydroxyl groups is 1. The van der Waals surface area contributed by atoms with E-state index in [4.69, 9.17) is 4.74 Å². The molecule has 0 aliphatic heterocycles. The summed E-state index contributed by atoms with van der Waals surface area (Å²) in [5, 5.41) is 9.20. The molecule has 1 N–H and O–H groups in total. The number of carbonyl (C=O) groups excluding carboxylic acids is 1. The number of esters is 1.